The normalized spacial score (nSPS) is 10.7. The van der Waals surface area contributed by atoms with E-state index in [0.29, 0.717) is 44.9 Å². The summed E-state index contributed by atoms with van der Waals surface area (Å²) in [5.74, 6) is 2.31. The van der Waals surface area contributed by atoms with Gasteiger partial charge in [-0.05, 0) is 44.0 Å². The summed E-state index contributed by atoms with van der Waals surface area (Å²) in [4.78, 5) is 12.7. The molecule has 8 heteroatoms. The number of ether oxygens (including phenoxy) is 1. The summed E-state index contributed by atoms with van der Waals surface area (Å²) in [6.45, 7) is 4.40. The molecule has 0 fully saturated rings. The standard InChI is InChI=1S/C19H17Cl3N4O/c1-11-17(22)18(26-12(2)25-11)23-8-7-13-3-5-15(6-4-13)27-19-16(21)9-14(20)10-24-19/h3-6,9-10H,7-8H2,1-2H3,(H,23,25,26). The minimum absolute atomic E-state index is 0.319. The van der Waals surface area contributed by atoms with Gasteiger partial charge >= 0.3 is 0 Å². The number of rotatable bonds is 6. The molecule has 0 aliphatic carbocycles. The van der Waals surface area contributed by atoms with Crippen LogP contribution in [-0.2, 0) is 6.42 Å². The first-order valence-electron chi connectivity index (χ1n) is 8.25. The number of hydrogen-bond acceptors (Lipinski definition) is 5. The van der Waals surface area contributed by atoms with Crippen molar-refractivity contribution in [3.05, 3.63) is 68.7 Å². The fourth-order valence-electron chi connectivity index (χ4n) is 2.45. The Morgan fingerprint density at radius 3 is 2.48 bits per heavy atom. The van der Waals surface area contributed by atoms with Crippen LogP contribution >= 0.6 is 34.8 Å². The highest BCUT2D eigenvalue weighted by Crippen LogP contribution is 2.29. The Balaban J connectivity index is 1.58. The van der Waals surface area contributed by atoms with Crippen LogP contribution in [0, 0.1) is 13.8 Å². The van der Waals surface area contributed by atoms with E-state index in [2.05, 4.69) is 20.3 Å². The van der Waals surface area contributed by atoms with Gasteiger partial charge in [-0.2, -0.15) is 0 Å². The maximum atomic E-state index is 6.24. The molecule has 1 N–H and O–H groups in total. The number of anilines is 1. The predicted molar refractivity (Wildman–Crippen MR) is 109 cm³/mol. The van der Waals surface area contributed by atoms with Crippen molar-refractivity contribution in [3.8, 4) is 11.6 Å². The number of pyridine rings is 1. The Morgan fingerprint density at radius 2 is 1.78 bits per heavy atom. The first-order chi connectivity index (χ1) is 12.9. The quantitative estimate of drug-likeness (QED) is 0.535. The molecule has 2 heterocycles. The van der Waals surface area contributed by atoms with Crippen molar-refractivity contribution in [1.82, 2.24) is 15.0 Å². The molecule has 0 spiro atoms. The molecule has 3 aromatic rings. The van der Waals surface area contributed by atoms with E-state index in [1.165, 1.54) is 6.20 Å². The SMILES string of the molecule is Cc1nc(C)c(Cl)c(NCCc2ccc(Oc3ncc(Cl)cc3Cl)cc2)n1. The summed E-state index contributed by atoms with van der Waals surface area (Å²) in [6, 6.07) is 9.30. The van der Waals surface area contributed by atoms with Crippen molar-refractivity contribution in [1.29, 1.82) is 0 Å². The maximum Gasteiger partial charge on any atom is 0.238 e. The van der Waals surface area contributed by atoms with Crippen LogP contribution in [-0.4, -0.2) is 21.5 Å². The molecule has 0 aliphatic heterocycles. The summed E-state index contributed by atoms with van der Waals surface area (Å²) < 4.78 is 5.68. The van der Waals surface area contributed by atoms with E-state index >= 15 is 0 Å². The highest BCUT2D eigenvalue weighted by molar-refractivity contribution is 6.35. The molecule has 0 saturated heterocycles. The topological polar surface area (TPSA) is 59.9 Å². The van der Waals surface area contributed by atoms with Crippen molar-refractivity contribution >= 4 is 40.6 Å². The van der Waals surface area contributed by atoms with Crippen LogP contribution in [0.5, 0.6) is 11.6 Å². The number of hydrogen-bond donors (Lipinski definition) is 1. The van der Waals surface area contributed by atoms with Gasteiger partial charge in [-0.15, -0.1) is 0 Å². The highest BCUT2D eigenvalue weighted by atomic mass is 35.5. The molecule has 1 aromatic carbocycles. The van der Waals surface area contributed by atoms with E-state index in [1.54, 1.807) is 6.07 Å². The average Bonchev–Trinajstić information content (AvgIpc) is 2.63. The molecular formula is C19H17Cl3N4O. The van der Waals surface area contributed by atoms with Gasteiger partial charge in [-0.25, -0.2) is 15.0 Å². The maximum absolute atomic E-state index is 6.24. The molecule has 140 valence electrons. The first-order valence-corrected chi connectivity index (χ1v) is 9.38. The number of nitrogens with zero attached hydrogens (tertiary/aromatic N) is 3. The number of aryl methyl sites for hydroxylation is 2. The lowest BCUT2D eigenvalue weighted by Crippen LogP contribution is -2.09. The molecule has 0 radical (unpaired) electrons. The van der Waals surface area contributed by atoms with Crippen molar-refractivity contribution in [2.75, 3.05) is 11.9 Å². The molecule has 0 aliphatic rings. The molecule has 3 rings (SSSR count). The van der Waals surface area contributed by atoms with Crippen LogP contribution in [0.2, 0.25) is 15.1 Å². The zero-order valence-corrected chi connectivity index (χ0v) is 17.0. The Hall–Kier alpha value is -2.08. The second-order valence-electron chi connectivity index (χ2n) is 5.88. The van der Waals surface area contributed by atoms with Gasteiger partial charge in [0, 0.05) is 12.7 Å². The Labute approximate surface area is 172 Å². The lowest BCUT2D eigenvalue weighted by Gasteiger charge is -2.10. The molecule has 0 amide bonds. The predicted octanol–water partition coefficient (Wildman–Crippen LogP) is 5.90. The summed E-state index contributed by atoms with van der Waals surface area (Å²) in [7, 11) is 0. The van der Waals surface area contributed by atoms with E-state index in [-0.39, 0.29) is 0 Å². The number of aromatic nitrogens is 3. The van der Waals surface area contributed by atoms with Gasteiger partial charge in [0.05, 0.1) is 10.7 Å². The van der Waals surface area contributed by atoms with E-state index in [1.807, 2.05) is 38.1 Å². The van der Waals surface area contributed by atoms with E-state index < -0.39 is 0 Å². The van der Waals surface area contributed by atoms with Crippen molar-refractivity contribution in [2.24, 2.45) is 0 Å². The Bertz CT molecular complexity index is 948. The third kappa shape index (κ3) is 5.22. The third-order valence-corrected chi connectivity index (χ3v) is 4.68. The lowest BCUT2D eigenvalue weighted by atomic mass is 10.1. The van der Waals surface area contributed by atoms with Crippen molar-refractivity contribution in [3.63, 3.8) is 0 Å². The molecular weight excluding hydrogens is 407 g/mol. The number of halogens is 3. The fraction of sp³-hybridized carbons (Fsp3) is 0.211. The van der Waals surface area contributed by atoms with Crippen molar-refractivity contribution < 1.29 is 4.74 Å². The number of nitrogens with one attached hydrogen (secondary N) is 1. The van der Waals surface area contributed by atoms with Crippen LogP contribution in [0.25, 0.3) is 0 Å². The largest absolute Gasteiger partial charge is 0.438 e. The second-order valence-corrected chi connectivity index (χ2v) is 7.10. The van der Waals surface area contributed by atoms with Gasteiger partial charge in [0.1, 0.15) is 27.4 Å². The van der Waals surface area contributed by atoms with Crippen LogP contribution in [0.3, 0.4) is 0 Å². The van der Waals surface area contributed by atoms with Gasteiger partial charge in [0.15, 0.2) is 0 Å². The Morgan fingerprint density at radius 1 is 1.04 bits per heavy atom. The smallest absolute Gasteiger partial charge is 0.238 e. The minimum atomic E-state index is 0.319. The van der Waals surface area contributed by atoms with E-state index in [4.69, 9.17) is 39.5 Å². The van der Waals surface area contributed by atoms with Gasteiger partial charge < -0.3 is 10.1 Å². The van der Waals surface area contributed by atoms with E-state index in [9.17, 15) is 0 Å². The fourth-order valence-corrected chi connectivity index (χ4v) is 3.02. The molecule has 5 nitrogen and oxygen atoms in total. The zero-order chi connectivity index (χ0) is 19.4. The summed E-state index contributed by atoms with van der Waals surface area (Å²) in [6.07, 6.45) is 2.29. The second kappa shape index (κ2) is 8.74. The van der Waals surface area contributed by atoms with Crippen LogP contribution in [0.15, 0.2) is 36.5 Å². The van der Waals surface area contributed by atoms with Crippen molar-refractivity contribution in [2.45, 2.75) is 20.3 Å². The summed E-state index contributed by atoms with van der Waals surface area (Å²) >= 11 is 18.1. The van der Waals surface area contributed by atoms with Crippen LogP contribution < -0.4 is 10.1 Å². The summed E-state index contributed by atoms with van der Waals surface area (Å²) in [5.41, 5.74) is 1.91. The lowest BCUT2D eigenvalue weighted by molar-refractivity contribution is 0.463. The number of benzene rings is 1. The highest BCUT2D eigenvalue weighted by Gasteiger charge is 2.08. The first kappa shape index (κ1) is 19.7. The molecule has 0 unspecified atom stereocenters. The van der Waals surface area contributed by atoms with Crippen LogP contribution in [0.1, 0.15) is 17.1 Å². The van der Waals surface area contributed by atoms with Gasteiger partial charge in [0.25, 0.3) is 0 Å². The molecule has 27 heavy (non-hydrogen) atoms. The average molecular weight is 424 g/mol. The Kier molecular flexibility index (Phi) is 6.37. The van der Waals surface area contributed by atoms with E-state index in [0.717, 1.165) is 17.7 Å². The molecule has 0 atom stereocenters. The molecule has 0 saturated carbocycles. The third-order valence-electron chi connectivity index (χ3n) is 3.75. The minimum Gasteiger partial charge on any atom is -0.438 e. The van der Waals surface area contributed by atoms with Gasteiger partial charge in [-0.1, -0.05) is 46.9 Å². The molecule has 0 bridgehead atoms. The van der Waals surface area contributed by atoms with Gasteiger partial charge in [0.2, 0.25) is 5.88 Å². The monoisotopic (exact) mass is 422 g/mol. The molecule has 2 aromatic heterocycles. The zero-order valence-electron chi connectivity index (χ0n) is 14.8. The van der Waals surface area contributed by atoms with Crippen LogP contribution in [0.4, 0.5) is 5.82 Å². The van der Waals surface area contributed by atoms with Gasteiger partial charge in [-0.3, -0.25) is 0 Å². The summed E-state index contributed by atoms with van der Waals surface area (Å²) in [5, 5.41) is 4.63.